The highest BCUT2D eigenvalue weighted by molar-refractivity contribution is 5.80. The number of hydrogen-bond donors (Lipinski definition) is 1. The first kappa shape index (κ1) is 9.43. The first-order valence-corrected chi connectivity index (χ1v) is 3.50. The topological polar surface area (TPSA) is 41.8 Å². The van der Waals surface area contributed by atoms with Gasteiger partial charge in [0.05, 0.1) is 12.3 Å². The van der Waals surface area contributed by atoms with E-state index >= 15 is 0 Å². The molecule has 0 aliphatic heterocycles. The first-order valence-electron chi connectivity index (χ1n) is 3.50. The number of oxime groups is 1. The zero-order chi connectivity index (χ0) is 7.98. The van der Waals surface area contributed by atoms with Gasteiger partial charge in [0.2, 0.25) is 0 Å². The van der Waals surface area contributed by atoms with Crippen LogP contribution in [0.5, 0.6) is 0 Å². The molecule has 3 heteroatoms. The molecule has 0 radical (unpaired) electrons. The maximum Gasteiger partial charge on any atom is 0.147 e. The van der Waals surface area contributed by atoms with Crippen molar-refractivity contribution < 1.29 is 9.94 Å². The molecule has 1 unspecified atom stereocenters. The molecule has 0 rings (SSSR count). The molecule has 0 aliphatic rings. The van der Waals surface area contributed by atoms with Gasteiger partial charge in [0.25, 0.3) is 0 Å². The predicted molar refractivity (Wildman–Crippen MR) is 41.0 cm³/mol. The third-order valence-corrected chi connectivity index (χ3v) is 1.16. The highest BCUT2D eigenvalue weighted by atomic mass is 16.6. The Hall–Kier alpha value is -0.570. The highest BCUT2D eigenvalue weighted by Crippen LogP contribution is 1.91. The van der Waals surface area contributed by atoms with Gasteiger partial charge in [0.15, 0.2) is 0 Å². The number of rotatable bonds is 4. The van der Waals surface area contributed by atoms with Crippen LogP contribution < -0.4 is 0 Å². The molecule has 0 aromatic rings. The Labute approximate surface area is 61.7 Å². The van der Waals surface area contributed by atoms with Gasteiger partial charge in [0, 0.05) is 0 Å². The summed E-state index contributed by atoms with van der Waals surface area (Å²) in [5.41, 5.74) is 0.945. The predicted octanol–water partition coefficient (Wildman–Crippen LogP) is 1.17. The van der Waals surface area contributed by atoms with Crippen molar-refractivity contribution in [3.63, 3.8) is 0 Å². The van der Waals surface area contributed by atoms with E-state index in [2.05, 4.69) is 5.16 Å². The van der Waals surface area contributed by atoms with Crippen molar-refractivity contribution >= 4 is 5.71 Å². The zero-order valence-corrected chi connectivity index (χ0v) is 6.79. The number of aliphatic hydroxyl groups is 1. The second-order valence-electron chi connectivity index (χ2n) is 2.28. The van der Waals surface area contributed by atoms with Gasteiger partial charge in [-0.25, -0.2) is 0 Å². The van der Waals surface area contributed by atoms with E-state index in [-0.39, 0.29) is 12.7 Å². The van der Waals surface area contributed by atoms with Crippen LogP contribution in [0, 0.1) is 0 Å². The molecule has 0 amide bonds. The molecule has 0 spiro atoms. The fourth-order valence-electron chi connectivity index (χ4n) is 0.278. The molecule has 1 N–H and O–H groups in total. The van der Waals surface area contributed by atoms with Crippen LogP contribution >= 0.6 is 0 Å². The third kappa shape index (κ3) is 4.32. The van der Waals surface area contributed by atoms with Crippen LogP contribution in [0.1, 0.15) is 27.2 Å². The van der Waals surface area contributed by atoms with E-state index in [0.29, 0.717) is 0 Å². The summed E-state index contributed by atoms with van der Waals surface area (Å²) in [6.07, 6.45) is 0.694. The Morgan fingerprint density at radius 1 is 1.70 bits per heavy atom. The summed E-state index contributed by atoms with van der Waals surface area (Å²) in [4.78, 5) is 4.88. The molecule has 0 aliphatic carbocycles. The van der Waals surface area contributed by atoms with Crippen molar-refractivity contribution in [2.45, 2.75) is 33.3 Å². The molecule has 60 valence electrons. The minimum Gasteiger partial charge on any atom is -0.392 e. The van der Waals surface area contributed by atoms with Crippen molar-refractivity contribution in [1.82, 2.24) is 0 Å². The summed E-state index contributed by atoms with van der Waals surface area (Å²) in [5.74, 6) is 0. The number of nitrogens with zero attached hydrogens (tertiary/aromatic N) is 1. The molecule has 0 aromatic carbocycles. The maximum absolute atomic E-state index is 8.53. The lowest BCUT2D eigenvalue weighted by Crippen LogP contribution is -2.10. The minimum atomic E-state index is -0.193. The summed E-state index contributed by atoms with van der Waals surface area (Å²) in [6.45, 7) is 5.68. The molecular weight excluding hydrogens is 130 g/mol. The van der Waals surface area contributed by atoms with Crippen LogP contribution in [-0.4, -0.2) is 23.5 Å². The SMILES string of the molecule is CC/C(C)=N/OC(C)CO. The smallest absolute Gasteiger partial charge is 0.147 e. The van der Waals surface area contributed by atoms with Crippen molar-refractivity contribution in [3.05, 3.63) is 0 Å². The van der Waals surface area contributed by atoms with Crippen LogP contribution in [0.3, 0.4) is 0 Å². The fourth-order valence-corrected chi connectivity index (χ4v) is 0.278. The van der Waals surface area contributed by atoms with E-state index in [0.717, 1.165) is 12.1 Å². The lowest BCUT2D eigenvalue weighted by molar-refractivity contribution is 0.0286. The van der Waals surface area contributed by atoms with Crippen LogP contribution in [-0.2, 0) is 4.84 Å². The standard InChI is InChI=1S/C7H15NO2/c1-4-6(2)8-10-7(3)5-9/h7,9H,4-5H2,1-3H3/b8-6+. The quantitative estimate of drug-likeness (QED) is 0.476. The van der Waals surface area contributed by atoms with Gasteiger partial charge in [-0.1, -0.05) is 12.1 Å². The average molecular weight is 145 g/mol. The van der Waals surface area contributed by atoms with Crippen LogP contribution in [0.4, 0.5) is 0 Å². The normalized spacial score (nSPS) is 15.0. The van der Waals surface area contributed by atoms with Crippen molar-refractivity contribution in [2.24, 2.45) is 5.16 Å². The molecule has 0 aromatic heterocycles. The minimum absolute atomic E-state index is 0.0144. The molecule has 1 atom stereocenters. The number of hydrogen-bond acceptors (Lipinski definition) is 3. The summed E-state index contributed by atoms with van der Waals surface area (Å²) in [6, 6.07) is 0. The van der Waals surface area contributed by atoms with Gasteiger partial charge >= 0.3 is 0 Å². The Kier molecular flexibility index (Phi) is 4.94. The fraction of sp³-hybridized carbons (Fsp3) is 0.857. The van der Waals surface area contributed by atoms with Crippen LogP contribution in [0.15, 0.2) is 5.16 Å². The maximum atomic E-state index is 8.53. The Morgan fingerprint density at radius 3 is 2.70 bits per heavy atom. The van der Waals surface area contributed by atoms with Crippen molar-refractivity contribution in [1.29, 1.82) is 0 Å². The molecule has 0 saturated heterocycles. The highest BCUT2D eigenvalue weighted by Gasteiger charge is 1.96. The molecule has 0 fully saturated rings. The average Bonchev–Trinajstić information content (AvgIpc) is 1.99. The van der Waals surface area contributed by atoms with Gasteiger partial charge in [-0.15, -0.1) is 0 Å². The van der Waals surface area contributed by atoms with E-state index < -0.39 is 0 Å². The van der Waals surface area contributed by atoms with E-state index in [1.165, 1.54) is 0 Å². The van der Waals surface area contributed by atoms with Crippen LogP contribution in [0.25, 0.3) is 0 Å². The van der Waals surface area contributed by atoms with Crippen LogP contribution in [0.2, 0.25) is 0 Å². The van der Waals surface area contributed by atoms with Gasteiger partial charge in [-0.2, -0.15) is 0 Å². The molecular formula is C7H15NO2. The molecule has 0 saturated carbocycles. The third-order valence-electron chi connectivity index (χ3n) is 1.16. The molecule has 0 heterocycles. The van der Waals surface area contributed by atoms with Gasteiger partial charge in [0.1, 0.15) is 6.10 Å². The van der Waals surface area contributed by atoms with E-state index in [1.54, 1.807) is 6.92 Å². The molecule has 0 bridgehead atoms. The zero-order valence-electron chi connectivity index (χ0n) is 6.79. The summed E-state index contributed by atoms with van der Waals surface area (Å²) < 4.78 is 0. The monoisotopic (exact) mass is 145 g/mol. The van der Waals surface area contributed by atoms with Gasteiger partial charge in [-0.05, 0) is 20.3 Å². The lowest BCUT2D eigenvalue weighted by Gasteiger charge is -2.05. The largest absolute Gasteiger partial charge is 0.392 e. The Morgan fingerprint density at radius 2 is 2.30 bits per heavy atom. The Balaban J connectivity index is 3.50. The first-order chi connectivity index (χ1) is 4.70. The van der Waals surface area contributed by atoms with E-state index in [9.17, 15) is 0 Å². The lowest BCUT2D eigenvalue weighted by atomic mass is 10.3. The van der Waals surface area contributed by atoms with Crippen molar-refractivity contribution in [2.75, 3.05) is 6.61 Å². The summed E-state index contributed by atoms with van der Waals surface area (Å²) >= 11 is 0. The van der Waals surface area contributed by atoms with Gasteiger partial charge in [-0.3, -0.25) is 0 Å². The van der Waals surface area contributed by atoms with E-state index in [4.69, 9.17) is 9.94 Å². The second-order valence-corrected chi connectivity index (χ2v) is 2.28. The Bertz CT molecular complexity index is 112. The second kappa shape index (κ2) is 5.23. The van der Waals surface area contributed by atoms with E-state index in [1.807, 2.05) is 13.8 Å². The summed E-state index contributed by atoms with van der Waals surface area (Å²) in [7, 11) is 0. The molecule has 10 heavy (non-hydrogen) atoms. The van der Waals surface area contributed by atoms with Gasteiger partial charge < -0.3 is 9.94 Å². The number of aliphatic hydroxyl groups excluding tert-OH is 1. The molecule has 3 nitrogen and oxygen atoms in total. The summed E-state index contributed by atoms with van der Waals surface area (Å²) in [5, 5.41) is 12.3. The van der Waals surface area contributed by atoms with Crippen molar-refractivity contribution in [3.8, 4) is 0 Å².